The first-order chi connectivity index (χ1) is 14.7. The molecule has 6 aliphatic rings. The molecule has 4 aliphatic carbocycles. The van der Waals surface area contributed by atoms with E-state index in [0.29, 0.717) is 47.2 Å². The van der Waals surface area contributed by atoms with Gasteiger partial charge in [-0.1, -0.05) is 27.7 Å². The highest BCUT2D eigenvalue weighted by Crippen LogP contribution is 2.71. The van der Waals surface area contributed by atoms with Gasteiger partial charge in [0, 0.05) is 36.5 Å². The van der Waals surface area contributed by atoms with Crippen molar-refractivity contribution < 1.29 is 19.4 Å². The second kappa shape index (κ2) is 6.79. The summed E-state index contributed by atoms with van der Waals surface area (Å²) in [5.41, 5.74) is 0.155. The Morgan fingerprint density at radius 1 is 1.03 bits per heavy atom. The van der Waals surface area contributed by atoms with Gasteiger partial charge in [-0.15, -0.1) is 0 Å². The minimum absolute atomic E-state index is 0.0745. The molecule has 0 aromatic rings. The molecule has 12 atom stereocenters. The van der Waals surface area contributed by atoms with Crippen molar-refractivity contribution in [1.82, 2.24) is 0 Å². The van der Waals surface area contributed by atoms with E-state index >= 15 is 0 Å². The Morgan fingerprint density at radius 2 is 1.84 bits per heavy atom. The van der Waals surface area contributed by atoms with E-state index in [-0.39, 0.29) is 23.0 Å². The van der Waals surface area contributed by atoms with Crippen LogP contribution in [-0.2, 0) is 14.3 Å². The molecule has 2 aliphatic heterocycles. The molecule has 0 aromatic heterocycles. The van der Waals surface area contributed by atoms with Gasteiger partial charge in [-0.25, -0.2) is 0 Å². The number of aliphatic hydroxyl groups excluding tert-OH is 1. The predicted octanol–water partition coefficient (Wildman–Crippen LogP) is 4.97. The number of hydrogen-bond acceptors (Lipinski definition) is 4. The summed E-state index contributed by atoms with van der Waals surface area (Å²) in [5.74, 6) is 3.69. The van der Waals surface area contributed by atoms with Gasteiger partial charge in [0.25, 0.3) is 0 Å². The van der Waals surface area contributed by atoms with E-state index in [1.54, 1.807) is 0 Å². The molecule has 6 rings (SSSR count). The maximum Gasteiger partial charge on any atom is 0.171 e. The van der Waals surface area contributed by atoms with Crippen LogP contribution in [0.1, 0.15) is 85.5 Å². The molecule has 6 fully saturated rings. The Kier molecular flexibility index (Phi) is 4.62. The lowest BCUT2D eigenvalue weighted by atomic mass is 9.43. The molecule has 4 heteroatoms. The van der Waals surface area contributed by atoms with Crippen LogP contribution in [0.15, 0.2) is 0 Å². The highest BCUT2D eigenvalue weighted by atomic mass is 16.7. The molecule has 2 saturated heterocycles. The third-order valence-corrected chi connectivity index (χ3v) is 11.9. The quantitative estimate of drug-likeness (QED) is 0.589. The number of carbonyl (C=O) groups excluding carboxylic acids is 1. The Labute approximate surface area is 187 Å². The van der Waals surface area contributed by atoms with E-state index in [0.717, 1.165) is 45.1 Å². The van der Waals surface area contributed by atoms with Crippen LogP contribution in [0, 0.1) is 52.3 Å². The number of Topliss-reactive ketones (excluding diaryl/α,β-unsaturated/α-hetero) is 1. The second-order valence-corrected chi connectivity index (χ2v) is 13.0. The standard InChI is InChI=1S/C27H42O4/c1-15-7-10-27(30-14-15)16(2)24-22(31-27)12-21-19-6-5-17-11-18(28)8-9-25(17,3)20(19)13-23(29)26(21,24)4/h15-17,19-24,29H,5-14H2,1-4H3/t15?,16-,17+,19?,20?,21?,22?,23-,24?,25-,26+,27?/m0/s1. The normalized spacial score (nSPS) is 60.9. The number of aliphatic hydroxyl groups is 1. The molecule has 1 spiro atoms. The molecule has 174 valence electrons. The number of fused-ring (bicyclic) bond motifs is 7. The number of hydrogen-bond donors (Lipinski definition) is 1. The summed E-state index contributed by atoms with van der Waals surface area (Å²) in [4.78, 5) is 12.2. The zero-order valence-corrected chi connectivity index (χ0v) is 19.9. The SMILES string of the molecule is CC1CCC2(OC1)OC1CC3C4CC[C@@H]5CC(=O)CC[C@]5(C)C4C[C@H](O)[C@]3(C)C1[C@@H]2C. The van der Waals surface area contributed by atoms with Crippen molar-refractivity contribution in [3.05, 3.63) is 0 Å². The van der Waals surface area contributed by atoms with Crippen molar-refractivity contribution in [2.24, 2.45) is 52.3 Å². The van der Waals surface area contributed by atoms with Gasteiger partial charge in [0.2, 0.25) is 0 Å². The summed E-state index contributed by atoms with van der Waals surface area (Å²) < 4.78 is 13.2. The van der Waals surface area contributed by atoms with E-state index in [9.17, 15) is 9.90 Å². The third-order valence-electron chi connectivity index (χ3n) is 11.9. The Balaban J connectivity index is 1.30. The zero-order chi connectivity index (χ0) is 21.8. The maximum atomic E-state index is 12.2. The topological polar surface area (TPSA) is 55.8 Å². The summed E-state index contributed by atoms with van der Waals surface area (Å²) >= 11 is 0. The van der Waals surface area contributed by atoms with Gasteiger partial charge in [0.1, 0.15) is 5.78 Å². The zero-order valence-electron chi connectivity index (χ0n) is 19.9. The first kappa shape index (κ1) is 21.1. The molecule has 31 heavy (non-hydrogen) atoms. The van der Waals surface area contributed by atoms with Crippen molar-refractivity contribution >= 4 is 5.78 Å². The first-order valence-electron chi connectivity index (χ1n) is 13.2. The molecular weight excluding hydrogens is 388 g/mol. The van der Waals surface area contributed by atoms with Gasteiger partial charge in [-0.05, 0) is 73.5 Å². The highest BCUT2D eigenvalue weighted by molar-refractivity contribution is 5.79. The van der Waals surface area contributed by atoms with Crippen molar-refractivity contribution in [2.75, 3.05) is 6.61 Å². The second-order valence-electron chi connectivity index (χ2n) is 13.0. The molecule has 2 heterocycles. The molecule has 0 amide bonds. The van der Waals surface area contributed by atoms with Crippen LogP contribution in [0.4, 0.5) is 0 Å². The largest absolute Gasteiger partial charge is 0.393 e. The van der Waals surface area contributed by atoms with Gasteiger partial charge >= 0.3 is 0 Å². The summed E-state index contributed by atoms with van der Waals surface area (Å²) in [5, 5.41) is 11.8. The van der Waals surface area contributed by atoms with Gasteiger partial charge < -0.3 is 14.6 Å². The Morgan fingerprint density at radius 3 is 2.58 bits per heavy atom. The number of carbonyl (C=O) groups is 1. The van der Waals surface area contributed by atoms with Crippen LogP contribution < -0.4 is 0 Å². The third kappa shape index (κ3) is 2.68. The summed E-state index contributed by atoms with van der Waals surface area (Å²) in [6.45, 7) is 10.3. The fourth-order valence-electron chi connectivity index (χ4n) is 10.0. The van der Waals surface area contributed by atoms with E-state index in [1.165, 1.54) is 19.3 Å². The molecule has 4 saturated carbocycles. The monoisotopic (exact) mass is 430 g/mol. The highest BCUT2D eigenvalue weighted by Gasteiger charge is 2.71. The number of ketones is 1. The summed E-state index contributed by atoms with van der Waals surface area (Å²) in [6.07, 6.45) is 9.12. The smallest absolute Gasteiger partial charge is 0.171 e. The first-order valence-corrected chi connectivity index (χ1v) is 13.2. The van der Waals surface area contributed by atoms with Crippen molar-refractivity contribution in [1.29, 1.82) is 0 Å². The molecule has 1 N–H and O–H groups in total. The van der Waals surface area contributed by atoms with Gasteiger partial charge in [0.05, 0.1) is 18.8 Å². The molecule has 0 bridgehead atoms. The van der Waals surface area contributed by atoms with Gasteiger partial charge in [0.15, 0.2) is 5.79 Å². The van der Waals surface area contributed by atoms with Crippen LogP contribution in [0.25, 0.3) is 0 Å². The molecular formula is C27H42O4. The molecule has 7 unspecified atom stereocenters. The lowest BCUT2D eigenvalue weighted by Crippen LogP contribution is -2.59. The van der Waals surface area contributed by atoms with Crippen LogP contribution in [-0.4, -0.2) is 35.5 Å². The summed E-state index contributed by atoms with van der Waals surface area (Å²) in [6, 6.07) is 0. The number of ether oxygens (including phenoxy) is 2. The lowest BCUT2D eigenvalue weighted by Gasteiger charge is -2.62. The van der Waals surface area contributed by atoms with E-state index in [4.69, 9.17) is 9.47 Å². The van der Waals surface area contributed by atoms with Crippen LogP contribution in [0.5, 0.6) is 0 Å². The maximum absolute atomic E-state index is 12.2. The Bertz CT molecular complexity index is 756. The van der Waals surface area contributed by atoms with Crippen molar-refractivity contribution in [2.45, 2.75) is 103 Å². The average molecular weight is 431 g/mol. The fourth-order valence-corrected chi connectivity index (χ4v) is 10.0. The summed E-state index contributed by atoms with van der Waals surface area (Å²) in [7, 11) is 0. The Hall–Kier alpha value is -0.450. The van der Waals surface area contributed by atoms with Crippen molar-refractivity contribution in [3.63, 3.8) is 0 Å². The minimum Gasteiger partial charge on any atom is -0.393 e. The predicted molar refractivity (Wildman–Crippen MR) is 118 cm³/mol. The fraction of sp³-hybridized carbons (Fsp3) is 0.963. The molecule has 0 aromatic carbocycles. The molecule has 0 radical (unpaired) electrons. The van der Waals surface area contributed by atoms with Crippen molar-refractivity contribution in [3.8, 4) is 0 Å². The average Bonchev–Trinajstić information content (AvgIpc) is 3.18. The minimum atomic E-state index is -0.417. The lowest BCUT2D eigenvalue weighted by molar-refractivity contribution is -0.274. The van der Waals surface area contributed by atoms with Crippen LogP contribution in [0.2, 0.25) is 0 Å². The van der Waals surface area contributed by atoms with Gasteiger partial charge in [-0.2, -0.15) is 0 Å². The van der Waals surface area contributed by atoms with E-state index < -0.39 is 5.79 Å². The van der Waals surface area contributed by atoms with Crippen LogP contribution in [0.3, 0.4) is 0 Å². The van der Waals surface area contributed by atoms with E-state index in [1.807, 2.05) is 0 Å². The molecule has 4 nitrogen and oxygen atoms in total. The van der Waals surface area contributed by atoms with Gasteiger partial charge in [-0.3, -0.25) is 4.79 Å². The van der Waals surface area contributed by atoms with Crippen LogP contribution >= 0.6 is 0 Å². The van der Waals surface area contributed by atoms with E-state index in [2.05, 4.69) is 27.7 Å². The number of rotatable bonds is 0.